The first kappa shape index (κ1) is 48.4. The molecule has 304 valence electrons. The van der Waals surface area contributed by atoms with Crippen LogP contribution in [-0.4, -0.2) is 98.7 Å². The van der Waals surface area contributed by atoms with Gasteiger partial charge in [0, 0.05) is 0 Å². The van der Waals surface area contributed by atoms with Crippen LogP contribution in [-0.2, 0) is 14.3 Å². The number of carbonyl (C=O) groups is 1. The Labute approximate surface area is 315 Å². The lowest BCUT2D eigenvalue weighted by molar-refractivity contribution is -0.302. The van der Waals surface area contributed by atoms with E-state index in [4.69, 9.17) is 9.47 Å². The highest BCUT2D eigenvalue weighted by Gasteiger charge is 2.44. The van der Waals surface area contributed by atoms with Gasteiger partial charge in [-0.1, -0.05) is 153 Å². The van der Waals surface area contributed by atoms with E-state index in [1.807, 2.05) is 6.08 Å². The molecule has 1 aliphatic rings. The van der Waals surface area contributed by atoms with Crippen LogP contribution in [0.15, 0.2) is 36.0 Å². The summed E-state index contributed by atoms with van der Waals surface area (Å²) in [6, 6.07) is -1.03. The molecule has 1 fully saturated rings. The molecule has 1 amide bonds. The second-order valence-corrected chi connectivity index (χ2v) is 14.8. The van der Waals surface area contributed by atoms with Gasteiger partial charge in [-0.25, -0.2) is 0 Å². The lowest BCUT2D eigenvalue weighted by Crippen LogP contribution is -2.60. The highest BCUT2D eigenvalue weighted by molar-refractivity contribution is 5.82. The Morgan fingerprint density at radius 1 is 0.712 bits per heavy atom. The maximum absolute atomic E-state index is 12.9. The van der Waals surface area contributed by atoms with Crippen molar-refractivity contribution in [3.05, 3.63) is 36.0 Å². The van der Waals surface area contributed by atoms with Crippen molar-refractivity contribution < 1.29 is 44.9 Å². The van der Waals surface area contributed by atoms with E-state index < -0.39 is 61.5 Å². The Kier molecular flexibility index (Phi) is 29.5. The van der Waals surface area contributed by atoms with Crippen molar-refractivity contribution in [3.63, 3.8) is 0 Å². The van der Waals surface area contributed by atoms with Gasteiger partial charge in [0.25, 0.3) is 5.91 Å². The molecule has 1 saturated heterocycles. The second kappa shape index (κ2) is 31.7. The molecule has 0 unspecified atom stereocenters. The van der Waals surface area contributed by atoms with E-state index in [0.717, 1.165) is 32.1 Å². The standard InChI is InChI=1S/C42H77NO9/c1-4-6-8-10-12-13-14-15-16-17-19-21-25-30-36(46)41(50)43-34(32-51-42-40(49)39(48)38(47)37(31-44)52-42)35(45)29-26-22-24-28-33(3)27-23-20-18-11-9-7-5-2/h25-26,28-30,34-40,42,44-49H,4-24,27,31-32H2,1-3H3,(H,43,50)/b29-26+,30-25+,33-28+/t34-,35+,36+,37+,38+,39-,40+,42+/m0/s1. The fourth-order valence-electron chi connectivity index (χ4n) is 6.40. The summed E-state index contributed by atoms with van der Waals surface area (Å²) in [4.78, 5) is 12.9. The molecule has 10 heteroatoms. The smallest absolute Gasteiger partial charge is 0.253 e. The zero-order chi connectivity index (χ0) is 38.4. The minimum atomic E-state index is -1.62. The molecule has 0 spiro atoms. The summed E-state index contributed by atoms with van der Waals surface area (Å²) in [5, 5.41) is 64.3. The number of allylic oxidation sites excluding steroid dienone is 4. The second-order valence-electron chi connectivity index (χ2n) is 14.8. The maximum atomic E-state index is 12.9. The van der Waals surface area contributed by atoms with Crippen molar-refractivity contribution in [2.24, 2.45) is 0 Å². The Morgan fingerprint density at radius 3 is 1.83 bits per heavy atom. The number of aliphatic hydroxyl groups is 6. The van der Waals surface area contributed by atoms with Crippen molar-refractivity contribution in [1.29, 1.82) is 0 Å². The summed E-state index contributed by atoms with van der Waals surface area (Å²) in [6.07, 6.45) is 24.9. The number of ether oxygens (including phenoxy) is 2. The van der Waals surface area contributed by atoms with Crippen LogP contribution in [0.3, 0.4) is 0 Å². The van der Waals surface area contributed by atoms with Crippen LogP contribution in [0, 0.1) is 0 Å². The number of aliphatic hydroxyl groups excluding tert-OH is 6. The fraction of sp³-hybridized carbons (Fsp3) is 0.833. The van der Waals surface area contributed by atoms with Gasteiger partial charge in [0.15, 0.2) is 12.4 Å². The quantitative estimate of drug-likeness (QED) is 0.0294. The van der Waals surface area contributed by atoms with Crippen molar-refractivity contribution in [2.75, 3.05) is 13.2 Å². The van der Waals surface area contributed by atoms with Gasteiger partial charge in [0.2, 0.25) is 0 Å². The van der Waals surface area contributed by atoms with Gasteiger partial charge in [0.05, 0.1) is 25.4 Å². The molecular formula is C42H77NO9. The van der Waals surface area contributed by atoms with Gasteiger partial charge in [0.1, 0.15) is 24.4 Å². The average Bonchev–Trinajstić information content (AvgIpc) is 3.14. The Hall–Kier alpha value is -1.63. The zero-order valence-electron chi connectivity index (χ0n) is 32.9. The largest absolute Gasteiger partial charge is 0.394 e. The van der Waals surface area contributed by atoms with Crippen LogP contribution in [0.2, 0.25) is 0 Å². The van der Waals surface area contributed by atoms with E-state index >= 15 is 0 Å². The number of amides is 1. The molecule has 8 atom stereocenters. The summed E-state index contributed by atoms with van der Waals surface area (Å²) in [7, 11) is 0. The summed E-state index contributed by atoms with van der Waals surface area (Å²) in [5.41, 5.74) is 1.35. The van der Waals surface area contributed by atoms with E-state index in [2.05, 4.69) is 32.2 Å². The molecule has 0 saturated carbocycles. The minimum absolute atomic E-state index is 0.341. The number of nitrogens with one attached hydrogen (secondary N) is 1. The molecule has 10 nitrogen and oxygen atoms in total. The third kappa shape index (κ3) is 22.6. The highest BCUT2D eigenvalue weighted by Crippen LogP contribution is 2.22. The Bertz CT molecular complexity index is 956. The predicted molar refractivity (Wildman–Crippen MR) is 209 cm³/mol. The molecule has 1 rings (SSSR count). The molecule has 0 bridgehead atoms. The first-order valence-corrected chi connectivity index (χ1v) is 20.7. The molecular weight excluding hydrogens is 662 g/mol. The molecule has 0 aliphatic carbocycles. The monoisotopic (exact) mass is 740 g/mol. The SMILES string of the molecule is CCCCCCCCCCCCC/C=C/[C@@H](O)C(=O)N[C@@H](CO[C@@H]1O[C@H](CO)[C@@H](O)[C@H](O)[C@H]1O)[C@H](O)/C=C/CC/C=C(\C)CCCCCCCCC. The van der Waals surface area contributed by atoms with E-state index in [0.29, 0.717) is 6.42 Å². The molecule has 7 N–H and O–H groups in total. The summed E-state index contributed by atoms with van der Waals surface area (Å²) >= 11 is 0. The normalized spacial score (nSPS) is 23.0. The van der Waals surface area contributed by atoms with E-state index in [9.17, 15) is 35.4 Å². The van der Waals surface area contributed by atoms with E-state index in [-0.39, 0.29) is 6.61 Å². The topological polar surface area (TPSA) is 169 Å². The summed E-state index contributed by atoms with van der Waals surface area (Å²) in [6.45, 7) is 5.66. The first-order chi connectivity index (χ1) is 25.2. The third-order valence-corrected chi connectivity index (χ3v) is 9.92. The van der Waals surface area contributed by atoms with Crippen molar-refractivity contribution in [2.45, 2.75) is 211 Å². The highest BCUT2D eigenvalue weighted by atomic mass is 16.7. The molecule has 0 radical (unpaired) electrons. The third-order valence-electron chi connectivity index (χ3n) is 9.92. The van der Waals surface area contributed by atoms with Gasteiger partial charge < -0.3 is 45.4 Å². The molecule has 52 heavy (non-hydrogen) atoms. The van der Waals surface area contributed by atoms with Crippen LogP contribution in [0.4, 0.5) is 0 Å². The van der Waals surface area contributed by atoms with Gasteiger partial charge in [-0.05, 0) is 45.4 Å². The minimum Gasteiger partial charge on any atom is -0.394 e. The van der Waals surface area contributed by atoms with Crippen molar-refractivity contribution in [3.8, 4) is 0 Å². The van der Waals surface area contributed by atoms with Gasteiger partial charge >= 0.3 is 0 Å². The Balaban J connectivity index is 2.61. The van der Waals surface area contributed by atoms with Crippen LogP contribution in [0.25, 0.3) is 0 Å². The van der Waals surface area contributed by atoms with Crippen LogP contribution in [0.5, 0.6) is 0 Å². The molecule has 0 aromatic rings. The fourth-order valence-corrected chi connectivity index (χ4v) is 6.40. The summed E-state index contributed by atoms with van der Waals surface area (Å²) in [5.74, 6) is -0.714. The number of hydrogen-bond donors (Lipinski definition) is 7. The average molecular weight is 740 g/mol. The molecule has 0 aromatic carbocycles. The number of hydrogen-bond acceptors (Lipinski definition) is 9. The van der Waals surface area contributed by atoms with Gasteiger partial charge in [-0.3, -0.25) is 4.79 Å². The van der Waals surface area contributed by atoms with E-state index in [1.165, 1.54) is 114 Å². The van der Waals surface area contributed by atoms with Crippen LogP contribution >= 0.6 is 0 Å². The number of unbranched alkanes of at least 4 members (excludes halogenated alkanes) is 18. The number of rotatable bonds is 32. The van der Waals surface area contributed by atoms with Crippen LogP contribution < -0.4 is 5.32 Å². The zero-order valence-corrected chi connectivity index (χ0v) is 32.9. The summed E-state index contributed by atoms with van der Waals surface area (Å²) < 4.78 is 11.1. The molecule has 1 aliphatic heterocycles. The maximum Gasteiger partial charge on any atom is 0.253 e. The lowest BCUT2D eigenvalue weighted by Gasteiger charge is -2.40. The Morgan fingerprint density at radius 2 is 1.25 bits per heavy atom. The van der Waals surface area contributed by atoms with Gasteiger partial charge in [-0.15, -0.1) is 0 Å². The first-order valence-electron chi connectivity index (χ1n) is 20.7. The molecule has 1 heterocycles. The number of carbonyl (C=O) groups excluding carboxylic acids is 1. The van der Waals surface area contributed by atoms with Crippen LogP contribution in [0.1, 0.15) is 162 Å². The van der Waals surface area contributed by atoms with Crippen molar-refractivity contribution >= 4 is 5.91 Å². The lowest BCUT2D eigenvalue weighted by atomic mass is 9.99. The molecule has 0 aromatic heterocycles. The predicted octanol–water partition coefficient (Wildman–Crippen LogP) is 6.69. The van der Waals surface area contributed by atoms with Gasteiger partial charge in [-0.2, -0.15) is 0 Å². The van der Waals surface area contributed by atoms with Crippen molar-refractivity contribution in [1.82, 2.24) is 5.32 Å². The van der Waals surface area contributed by atoms with E-state index in [1.54, 1.807) is 12.2 Å².